The number of thioether (sulfide) groups is 1. The first-order chi connectivity index (χ1) is 7.75. The molecule has 0 amide bonds. The van der Waals surface area contributed by atoms with Gasteiger partial charge in [0.05, 0.1) is 0 Å². The molecule has 1 aliphatic heterocycles. The summed E-state index contributed by atoms with van der Waals surface area (Å²) in [6.45, 7) is 3.00. The molecule has 0 saturated carbocycles. The van der Waals surface area contributed by atoms with Crippen molar-refractivity contribution in [2.45, 2.75) is 19.8 Å². The normalized spacial score (nSPS) is 17.3. The first-order valence-corrected chi connectivity index (χ1v) is 6.95. The Bertz CT molecular complexity index is 348. The number of hydrogen-bond acceptors (Lipinski definition) is 4. The molecule has 1 saturated heterocycles. The van der Waals surface area contributed by atoms with Crippen LogP contribution in [0.5, 0.6) is 0 Å². The highest BCUT2D eigenvalue weighted by Crippen LogP contribution is 2.23. The van der Waals surface area contributed by atoms with Crippen LogP contribution in [-0.4, -0.2) is 23.0 Å². The highest BCUT2D eigenvalue weighted by molar-refractivity contribution is 7.99. The summed E-state index contributed by atoms with van der Waals surface area (Å²) in [7, 11) is 0. The van der Waals surface area contributed by atoms with Crippen molar-refractivity contribution in [3.63, 3.8) is 0 Å². The number of nitrogens with one attached hydrogen (secondary N) is 1. The van der Waals surface area contributed by atoms with E-state index in [1.807, 2.05) is 19.2 Å². The lowest BCUT2D eigenvalue weighted by Crippen LogP contribution is -2.19. The van der Waals surface area contributed by atoms with E-state index in [0.29, 0.717) is 0 Å². The van der Waals surface area contributed by atoms with Crippen LogP contribution in [-0.2, 0) is 0 Å². The Kier molecular flexibility index (Phi) is 3.93. The first kappa shape index (κ1) is 11.6. The molecule has 1 aliphatic rings. The monoisotopic (exact) mass is 237 g/mol. The van der Waals surface area contributed by atoms with Crippen LogP contribution in [0.2, 0.25) is 0 Å². The SMILES string of the molecule is Cc1cnc(NCC2CCSCC2)cc1N. The molecule has 1 aromatic heterocycles. The number of nitrogen functional groups attached to an aromatic ring is 1. The van der Waals surface area contributed by atoms with Crippen molar-refractivity contribution in [1.29, 1.82) is 0 Å². The van der Waals surface area contributed by atoms with Gasteiger partial charge in [-0.15, -0.1) is 0 Å². The number of aryl methyl sites for hydroxylation is 1. The fourth-order valence-electron chi connectivity index (χ4n) is 1.84. The smallest absolute Gasteiger partial charge is 0.127 e. The Hall–Kier alpha value is -0.900. The van der Waals surface area contributed by atoms with Gasteiger partial charge in [-0.25, -0.2) is 4.98 Å². The van der Waals surface area contributed by atoms with Gasteiger partial charge in [0.15, 0.2) is 0 Å². The molecule has 0 spiro atoms. The molecule has 2 heterocycles. The second-order valence-electron chi connectivity index (χ2n) is 4.36. The Labute approximate surface area is 101 Å². The molecule has 0 aromatic carbocycles. The van der Waals surface area contributed by atoms with Crippen molar-refractivity contribution in [1.82, 2.24) is 4.98 Å². The summed E-state index contributed by atoms with van der Waals surface area (Å²) in [5.74, 6) is 4.30. The quantitative estimate of drug-likeness (QED) is 0.848. The van der Waals surface area contributed by atoms with E-state index in [2.05, 4.69) is 22.1 Å². The van der Waals surface area contributed by atoms with Gasteiger partial charge in [0.1, 0.15) is 5.82 Å². The maximum atomic E-state index is 5.85. The van der Waals surface area contributed by atoms with Gasteiger partial charge in [-0.05, 0) is 42.8 Å². The van der Waals surface area contributed by atoms with E-state index >= 15 is 0 Å². The molecule has 1 aromatic rings. The molecule has 16 heavy (non-hydrogen) atoms. The molecule has 0 aliphatic carbocycles. The summed E-state index contributed by atoms with van der Waals surface area (Å²) in [4.78, 5) is 4.33. The molecule has 4 heteroatoms. The van der Waals surface area contributed by atoms with E-state index in [-0.39, 0.29) is 0 Å². The number of aromatic nitrogens is 1. The third-order valence-corrected chi connectivity index (χ3v) is 4.11. The summed E-state index contributed by atoms with van der Waals surface area (Å²) in [6.07, 6.45) is 4.46. The summed E-state index contributed by atoms with van der Waals surface area (Å²) >= 11 is 2.06. The van der Waals surface area contributed by atoms with Crippen molar-refractivity contribution < 1.29 is 0 Å². The van der Waals surface area contributed by atoms with Crippen LogP contribution in [0.15, 0.2) is 12.3 Å². The van der Waals surface area contributed by atoms with Crippen LogP contribution >= 0.6 is 11.8 Å². The van der Waals surface area contributed by atoms with Gasteiger partial charge in [-0.1, -0.05) is 0 Å². The van der Waals surface area contributed by atoms with Gasteiger partial charge in [0, 0.05) is 24.5 Å². The Morgan fingerprint density at radius 2 is 2.25 bits per heavy atom. The topological polar surface area (TPSA) is 50.9 Å². The highest BCUT2D eigenvalue weighted by Gasteiger charge is 2.13. The van der Waals surface area contributed by atoms with Gasteiger partial charge >= 0.3 is 0 Å². The van der Waals surface area contributed by atoms with Crippen molar-refractivity contribution >= 4 is 23.3 Å². The minimum absolute atomic E-state index is 0.797. The van der Waals surface area contributed by atoms with Gasteiger partial charge in [0.25, 0.3) is 0 Å². The van der Waals surface area contributed by atoms with Crippen LogP contribution in [0.25, 0.3) is 0 Å². The highest BCUT2D eigenvalue weighted by atomic mass is 32.2. The van der Waals surface area contributed by atoms with Crippen molar-refractivity contribution in [3.8, 4) is 0 Å². The Balaban J connectivity index is 1.86. The number of rotatable bonds is 3. The Morgan fingerprint density at radius 3 is 2.94 bits per heavy atom. The van der Waals surface area contributed by atoms with Gasteiger partial charge in [-0.2, -0.15) is 11.8 Å². The second-order valence-corrected chi connectivity index (χ2v) is 5.59. The fourth-order valence-corrected chi connectivity index (χ4v) is 3.04. The van der Waals surface area contributed by atoms with E-state index in [0.717, 1.165) is 29.5 Å². The molecule has 3 N–H and O–H groups in total. The van der Waals surface area contributed by atoms with E-state index in [1.54, 1.807) is 0 Å². The van der Waals surface area contributed by atoms with E-state index < -0.39 is 0 Å². The summed E-state index contributed by atoms with van der Waals surface area (Å²) in [5.41, 5.74) is 7.70. The predicted octanol–water partition coefficient (Wildman–Crippen LogP) is 2.53. The molecule has 0 unspecified atom stereocenters. The van der Waals surface area contributed by atoms with Crippen molar-refractivity contribution in [2.75, 3.05) is 29.1 Å². The van der Waals surface area contributed by atoms with Crippen molar-refractivity contribution in [2.24, 2.45) is 5.92 Å². The molecule has 1 fully saturated rings. The van der Waals surface area contributed by atoms with E-state index in [1.165, 1.54) is 24.3 Å². The van der Waals surface area contributed by atoms with Gasteiger partial charge in [-0.3, -0.25) is 0 Å². The summed E-state index contributed by atoms with van der Waals surface area (Å²) in [5, 5.41) is 3.38. The number of anilines is 2. The van der Waals surface area contributed by atoms with Crippen LogP contribution in [0.1, 0.15) is 18.4 Å². The van der Waals surface area contributed by atoms with Gasteiger partial charge in [0.2, 0.25) is 0 Å². The summed E-state index contributed by atoms with van der Waals surface area (Å²) in [6, 6.07) is 1.92. The molecular formula is C12H19N3S. The van der Waals surface area contributed by atoms with Crippen LogP contribution in [0.3, 0.4) is 0 Å². The number of pyridine rings is 1. The number of nitrogens with zero attached hydrogens (tertiary/aromatic N) is 1. The maximum Gasteiger partial charge on any atom is 0.127 e. The van der Waals surface area contributed by atoms with E-state index in [4.69, 9.17) is 5.73 Å². The summed E-state index contributed by atoms with van der Waals surface area (Å²) < 4.78 is 0. The van der Waals surface area contributed by atoms with Gasteiger partial charge < -0.3 is 11.1 Å². The van der Waals surface area contributed by atoms with Crippen LogP contribution in [0, 0.1) is 12.8 Å². The molecule has 3 nitrogen and oxygen atoms in total. The second kappa shape index (κ2) is 5.43. The zero-order valence-corrected chi connectivity index (χ0v) is 10.5. The predicted molar refractivity (Wildman–Crippen MR) is 71.9 cm³/mol. The minimum Gasteiger partial charge on any atom is -0.398 e. The molecule has 88 valence electrons. The lowest BCUT2D eigenvalue weighted by Gasteiger charge is -2.21. The maximum absolute atomic E-state index is 5.85. The molecular weight excluding hydrogens is 218 g/mol. The number of nitrogens with two attached hydrogens (primary N) is 1. The third kappa shape index (κ3) is 3.04. The molecule has 0 radical (unpaired) electrons. The van der Waals surface area contributed by atoms with Crippen molar-refractivity contribution in [3.05, 3.63) is 17.8 Å². The lowest BCUT2D eigenvalue weighted by atomic mass is 10.0. The van der Waals surface area contributed by atoms with Crippen LogP contribution in [0.4, 0.5) is 11.5 Å². The lowest BCUT2D eigenvalue weighted by molar-refractivity contribution is 0.515. The third-order valence-electron chi connectivity index (χ3n) is 3.06. The average Bonchev–Trinajstić information content (AvgIpc) is 2.32. The van der Waals surface area contributed by atoms with E-state index in [9.17, 15) is 0 Å². The molecule has 0 bridgehead atoms. The zero-order chi connectivity index (χ0) is 11.4. The molecule has 2 rings (SSSR count). The first-order valence-electron chi connectivity index (χ1n) is 5.79. The minimum atomic E-state index is 0.797. The van der Waals surface area contributed by atoms with Crippen LogP contribution < -0.4 is 11.1 Å². The zero-order valence-electron chi connectivity index (χ0n) is 9.70. The largest absolute Gasteiger partial charge is 0.398 e. The Morgan fingerprint density at radius 1 is 1.50 bits per heavy atom. The number of hydrogen-bond donors (Lipinski definition) is 2. The average molecular weight is 237 g/mol. The standard InChI is InChI=1S/C12H19N3S/c1-9-7-14-12(6-11(9)13)15-8-10-2-4-16-5-3-10/h6-7,10H,2-5,8H2,1H3,(H3,13,14,15). The molecule has 0 atom stereocenters. The fraction of sp³-hybridized carbons (Fsp3) is 0.583.